The van der Waals surface area contributed by atoms with Crippen LogP contribution in [-0.4, -0.2) is 83.6 Å². The molecule has 5 fully saturated rings. The number of hydrogen-bond acceptors (Lipinski definition) is 8. The lowest BCUT2D eigenvalue weighted by Crippen LogP contribution is -2.51. The van der Waals surface area contributed by atoms with Gasteiger partial charge in [0.2, 0.25) is 0 Å². The Bertz CT molecular complexity index is 2060. The van der Waals surface area contributed by atoms with E-state index < -0.39 is 5.82 Å². The maximum Gasteiger partial charge on any atom is 0.319 e. The van der Waals surface area contributed by atoms with Gasteiger partial charge in [-0.3, -0.25) is 4.90 Å². The lowest BCUT2D eigenvalue weighted by Gasteiger charge is -2.35. The predicted octanol–water partition coefficient (Wildman–Crippen LogP) is 7.02. The van der Waals surface area contributed by atoms with Crippen molar-refractivity contribution in [2.24, 2.45) is 5.41 Å². The van der Waals surface area contributed by atoms with Crippen molar-refractivity contribution in [2.45, 2.75) is 76.0 Å². The fourth-order valence-electron chi connectivity index (χ4n) is 8.70. The number of phenolic OH excluding ortho intramolecular Hbond substituents is 1. The van der Waals surface area contributed by atoms with Crippen LogP contribution in [0.4, 0.5) is 10.2 Å². The summed E-state index contributed by atoms with van der Waals surface area (Å²) in [6.45, 7) is 10.2. The van der Waals surface area contributed by atoms with Gasteiger partial charge in [-0.2, -0.15) is 9.97 Å². The summed E-state index contributed by atoms with van der Waals surface area (Å²) in [5.74, 6) is 2.95. The van der Waals surface area contributed by atoms with E-state index in [1.807, 2.05) is 0 Å². The molecule has 260 valence electrons. The number of phenols is 1. The van der Waals surface area contributed by atoms with Crippen molar-refractivity contribution < 1.29 is 19.0 Å². The van der Waals surface area contributed by atoms with Crippen molar-refractivity contribution in [1.82, 2.24) is 20.2 Å². The van der Waals surface area contributed by atoms with E-state index in [4.69, 9.17) is 37.5 Å². The zero-order chi connectivity index (χ0) is 34.4. The van der Waals surface area contributed by atoms with Crippen LogP contribution in [0.5, 0.6) is 11.8 Å². The van der Waals surface area contributed by atoms with Crippen molar-refractivity contribution >= 4 is 39.1 Å². The Labute approximate surface area is 297 Å². The largest absolute Gasteiger partial charge is 0.508 e. The fourth-order valence-corrected chi connectivity index (χ4v) is 9.05. The minimum atomic E-state index is -0.498. The molecule has 50 heavy (non-hydrogen) atoms. The first-order chi connectivity index (χ1) is 24.1. The van der Waals surface area contributed by atoms with Crippen molar-refractivity contribution in [3.63, 3.8) is 0 Å². The standard InChI is InChI=1S/C40H43ClFN5O3/c1-4-28-32(42)8-5-24-15-27(48)16-30(33(24)28)34-29(23(2)3)17-31-36(35(34)41)44-38(45-37(31)47-18-25-6-7-26(19-47)43-25)49-22-39(9-10-39)20-46-13-14-50-40(21-46)11-12-40/h1,5,8,15-17,23,25-26,43,48H,6-7,9-14,18-22H2,2-3H3. The van der Waals surface area contributed by atoms with E-state index >= 15 is 4.39 Å². The van der Waals surface area contributed by atoms with Gasteiger partial charge in [-0.15, -0.1) is 6.42 Å². The van der Waals surface area contributed by atoms with E-state index in [1.165, 1.54) is 6.07 Å². The molecule has 1 aromatic heterocycles. The number of aromatic hydroxyl groups is 1. The monoisotopic (exact) mass is 695 g/mol. The summed E-state index contributed by atoms with van der Waals surface area (Å²) in [7, 11) is 0. The molecular formula is C40H43ClFN5O3. The van der Waals surface area contributed by atoms with E-state index in [2.05, 4.69) is 41.0 Å². The van der Waals surface area contributed by atoms with Gasteiger partial charge in [0, 0.05) is 66.6 Å². The molecule has 5 aliphatic rings. The minimum Gasteiger partial charge on any atom is -0.508 e. The molecular weight excluding hydrogens is 653 g/mol. The SMILES string of the molecule is C#Cc1c(F)ccc2cc(O)cc(-c3c(C(C)C)cc4c(N5CC6CCC(C5)N6)nc(OCC5(CN6CCOC7(CC7)C6)CC5)nc4c3Cl)c12. The number of rotatable bonds is 8. The number of fused-ring (bicyclic) bond motifs is 4. The molecule has 2 aliphatic carbocycles. The molecule has 3 saturated heterocycles. The quantitative estimate of drug-likeness (QED) is 0.191. The van der Waals surface area contributed by atoms with Crippen molar-refractivity contribution in [2.75, 3.05) is 50.8 Å². The average molecular weight is 696 g/mol. The van der Waals surface area contributed by atoms with Gasteiger partial charge in [0.25, 0.3) is 0 Å². The van der Waals surface area contributed by atoms with Crippen LogP contribution in [0.25, 0.3) is 32.8 Å². The highest BCUT2D eigenvalue weighted by Gasteiger charge is 2.51. The van der Waals surface area contributed by atoms with E-state index in [-0.39, 0.29) is 28.2 Å². The zero-order valence-corrected chi connectivity index (χ0v) is 29.5. The number of aromatic nitrogens is 2. The predicted molar refractivity (Wildman–Crippen MR) is 195 cm³/mol. The number of hydrogen-bond donors (Lipinski definition) is 2. The lowest BCUT2D eigenvalue weighted by atomic mass is 9.87. The third kappa shape index (κ3) is 5.65. The van der Waals surface area contributed by atoms with Gasteiger partial charge in [-0.25, -0.2) is 4.39 Å². The number of ether oxygens (including phenoxy) is 2. The summed E-state index contributed by atoms with van der Waals surface area (Å²) in [6.07, 6.45) is 12.7. The summed E-state index contributed by atoms with van der Waals surface area (Å²) in [6, 6.07) is 9.44. The minimum absolute atomic E-state index is 0.0276. The topological polar surface area (TPSA) is 83.0 Å². The van der Waals surface area contributed by atoms with Gasteiger partial charge in [0.05, 0.1) is 34.9 Å². The molecule has 2 saturated carbocycles. The van der Waals surface area contributed by atoms with Crippen LogP contribution in [0, 0.1) is 23.6 Å². The van der Waals surface area contributed by atoms with E-state index in [9.17, 15) is 5.11 Å². The van der Waals surface area contributed by atoms with E-state index in [0.29, 0.717) is 57.1 Å². The van der Waals surface area contributed by atoms with Crippen molar-refractivity contribution in [3.05, 3.63) is 52.3 Å². The molecule has 2 N–H and O–H groups in total. The number of halogens is 2. The molecule has 9 rings (SSSR count). The van der Waals surface area contributed by atoms with Crippen molar-refractivity contribution in [1.29, 1.82) is 0 Å². The van der Waals surface area contributed by atoms with Crippen LogP contribution in [-0.2, 0) is 4.74 Å². The molecule has 2 unspecified atom stereocenters. The van der Waals surface area contributed by atoms with Crippen LogP contribution >= 0.6 is 11.6 Å². The summed E-state index contributed by atoms with van der Waals surface area (Å²) < 4.78 is 27.8. The normalized spacial score (nSPS) is 23.6. The Balaban J connectivity index is 1.16. The molecule has 3 aromatic carbocycles. The van der Waals surface area contributed by atoms with Crippen LogP contribution < -0.4 is 15.0 Å². The molecule has 10 heteroatoms. The van der Waals surface area contributed by atoms with Gasteiger partial charge in [-0.1, -0.05) is 37.4 Å². The highest BCUT2D eigenvalue weighted by molar-refractivity contribution is 6.39. The molecule has 8 nitrogen and oxygen atoms in total. The second kappa shape index (κ2) is 11.9. The molecule has 2 bridgehead atoms. The number of terminal acetylenes is 1. The Kier molecular flexibility index (Phi) is 7.70. The molecule has 3 aliphatic heterocycles. The first-order valence-electron chi connectivity index (χ1n) is 18.1. The Morgan fingerprint density at radius 1 is 1.14 bits per heavy atom. The van der Waals surface area contributed by atoms with Gasteiger partial charge in [-0.05, 0) is 85.2 Å². The second-order valence-corrected chi connectivity index (χ2v) is 16.1. The first-order valence-corrected chi connectivity index (χ1v) is 18.5. The molecule has 0 amide bonds. The number of anilines is 1. The zero-order valence-electron chi connectivity index (χ0n) is 28.7. The molecule has 4 heterocycles. The van der Waals surface area contributed by atoms with E-state index in [1.54, 1.807) is 18.2 Å². The number of piperazine rings is 1. The molecule has 1 spiro atoms. The number of benzene rings is 3. The Morgan fingerprint density at radius 3 is 2.62 bits per heavy atom. The number of nitrogens with zero attached hydrogens (tertiary/aromatic N) is 4. The Hall–Kier alpha value is -3.68. The second-order valence-electron chi connectivity index (χ2n) is 15.8. The molecule has 2 atom stereocenters. The maximum absolute atomic E-state index is 15.2. The van der Waals surface area contributed by atoms with Gasteiger partial charge in [0.15, 0.2) is 0 Å². The number of morpholine rings is 1. The summed E-state index contributed by atoms with van der Waals surface area (Å²) >= 11 is 7.51. The van der Waals surface area contributed by atoms with Crippen LogP contribution in [0.15, 0.2) is 30.3 Å². The average Bonchev–Trinajstić information content (AvgIpc) is 4.02. The molecule has 0 radical (unpaired) electrons. The van der Waals surface area contributed by atoms with Crippen molar-refractivity contribution in [3.8, 4) is 35.2 Å². The third-order valence-electron chi connectivity index (χ3n) is 11.7. The van der Waals surface area contributed by atoms with Crippen LogP contribution in [0.2, 0.25) is 5.02 Å². The van der Waals surface area contributed by atoms with Crippen LogP contribution in [0.1, 0.15) is 69.4 Å². The Morgan fingerprint density at radius 2 is 1.92 bits per heavy atom. The summed E-state index contributed by atoms with van der Waals surface area (Å²) in [5.41, 5.74) is 3.05. The summed E-state index contributed by atoms with van der Waals surface area (Å²) in [4.78, 5) is 15.1. The van der Waals surface area contributed by atoms with Gasteiger partial charge in [0.1, 0.15) is 17.4 Å². The first kappa shape index (κ1) is 32.2. The summed E-state index contributed by atoms with van der Waals surface area (Å²) in [5, 5.41) is 17.1. The lowest BCUT2D eigenvalue weighted by molar-refractivity contribution is -0.0532. The highest BCUT2D eigenvalue weighted by Crippen LogP contribution is 2.50. The van der Waals surface area contributed by atoms with Crippen LogP contribution in [0.3, 0.4) is 0 Å². The molecule has 4 aromatic rings. The fraction of sp³-hybridized carbons (Fsp3) is 0.500. The van der Waals surface area contributed by atoms with Gasteiger partial charge >= 0.3 is 6.01 Å². The van der Waals surface area contributed by atoms with E-state index in [0.717, 1.165) is 94.6 Å². The third-order valence-corrected chi connectivity index (χ3v) is 12.1. The van der Waals surface area contributed by atoms with Gasteiger partial charge < -0.3 is 24.8 Å². The number of nitrogens with one attached hydrogen (secondary N) is 1. The maximum atomic E-state index is 15.2. The highest BCUT2D eigenvalue weighted by atomic mass is 35.5. The smallest absolute Gasteiger partial charge is 0.319 e.